The highest BCUT2D eigenvalue weighted by Gasteiger charge is 2.59. The maximum absolute atomic E-state index is 10.7. The highest BCUT2D eigenvalue weighted by Crippen LogP contribution is 2.49. The van der Waals surface area contributed by atoms with Crippen LogP contribution < -0.4 is 0 Å². The zero-order valence-electron chi connectivity index (χ0n) is 10.3. The molecule has 15 heavy (non-hydrogen) atoms. The van der Waals surface area contributed by atoms with Crippen molar-refractivity contribution in [3.63, 3.8) is 0 Å². The van der Waals surface area contributed by atoms with Crippen LogP contribution in [0.15, 0.2) is 0 Å². The van der Waals surface area contributed by atoms with E-state index in [1.807, 2.05) is 34.6 Å². The molecular weight excluding hydrogens is 190 g/mol. The predicted octanol–water partition coefficient (Wildman–Crippen LogP) is 2.24. The van der Waals surface area contributed by atoms with Crippen molar-refractivity contribution in [2.24, 2.45) is 5.92 Å². The fraction of sp³-hybridized carbons (Fsp3) is 0.917. The second kappa shape index (κ2) is 3.47. The molecule has 1 aliphatic heterocycles. The number of nitriles is 1. The minimum atomic E-state index is -1.04. The Morgan fingerprint density at radius 3 is 2.20 bits per heavy atom. The van der Waals surface area contributed by atoms with Gasteiger partial charge in [-0.25, -0.2) is 0 Å². The van der Waals surface area contributed by atoms with E-state index in [-0.39, 0.29) is 11.5 Å². The van der Waals surface area contributed by atoms with Crippen molar-refractivity contribution in [1.29, 1.82) is 5.26 Å². The Bertz CT molecular complexity index is 290. The summed E-state index contributed by atoms with van der Waals surface area (Å²) >= 11 is 0. The molecule has 0 saturated carbocycles. The van der Waals surface area contributed by atoms with E-state index < -0.39 is 11.2 Å². The van der Waals surface area contributed by atoms with E-state index in [2.05, 4.69) is 6.07 Å². The van der Waals surface area contributed by atoms with Crippen molar-refractivity contribution in [2.75, 3.05) is 0 Å². The lowest BCUT2D eigenvalue weighted by atomic mass is 9.72. The van der Waals surface area contributed by atoms with E-state index in [0.29, 0.717) is 12.8 Å². The minimum absolute atomic E-state index is 0.359. The fourth-order valence-electron chi connectivity index (χ4n) is 2.76. The van der Waals surface area contributed by atoms with E-state index in [0.717, 1.165) is 0 Å². The quantitative estimate of drug-likeness (QED) is 0.762. The van der Waals surface area contributed by atoms with Gasteiger partial charge in [0.2, 0.25) is 0 Å². The lowest BCUT2D eigenvalue weighted by Crippen LogP contribution is -2.51. The molecule has 3 nitrogen and oxygen atoms in total. The van der Waals surface area contributed by atoms with Gasteiger partial charge in [-0.1, -0.05) is 6.92 Å². The van der Waals surface area contributed by atoms with Gasteiger partial charge < -0.3 is 9.84 Å². The van der Waals surface area contributed by atoms with Crippen LogP contribution in [0.25, 0.3) is 0 Å². The molecule has 1 rings (SSSR count). The number of ether oxygens (including phenoxy) is 1. The molecule has 1 fully saturated rings. The Labute approximate surface area is 92.0 Å². The molecule has 0 bridgehead atoms. The fourth-order valence-corrected chi connectivity index (χ4v) is 2.76. The van der Waals surface area contributed by atoms with E-state index >= 15 is 0 Å². The third-order valence-corrected chi connectivity index (χ3v) is 3.41. The molecule has 2 atom stereocenters. The first-order valence-corrected chi connectivity index (χ1v) is 5.51. The summed E-state index contributed by atoms with van der Waals surface area (Å²) in [5.41, 5.74) is -2.06. The third kappa shape index (κ3) is 1.89. The van der Waals surface area contributed by atoms with Crippen LogP contribution in [0.4, 0.5) is 0 Å². The van der Waals surface area contributed by atoms with Crippen LogP contribution in [0.2, 0.25) is 0 Å². The first kappa shape index (κ1) is 12.5. The minimum Gasteiger partial charge on any atom is -0.385 e. The topological polar surface area (TPSA) is 53.2 Å². The summed E-state index contributed by atoms with van der Waals surface area (Å²) in [5.74, 6) is -0.366. The zero-order valence-corrected chi connectivity index (χ0v) is 10.3. The van der Waals surface area contributed by atoms with E-state index in [9.17, 15) is 5.11 Å². The lowest BCUT2D eigenvalue weighted by molar-refractivity contribution is -0.140. The van der Waals surface area contributed by atoms with Crippen LogP contribution in [0.1, 0.15) is 47.5 Å². The van der Waals surface area contributed by atoms with Gasteiger partial charge in [0.05, 0.1) is 23.2 Å². The predicted molar refractivity (Wildman–Crippen MR) is 58.2 cm³/mol. The van der Waals surface area contributed by atoms with Gasteiger partial charge in [0.15, 0.2) is 0 Å². The molecule has 2 unspecified atom stereocenters. The highest BCUT2D eigenvalue weighted by atomic mass is 16.5. The van der Waals surface area contributed by atoms with Crippen molar-refractivity contribution in [2.45, 2.75) is 64.3 Å². The standard InChI is InChI=1S/C12H21NO2/c1-6-9(7-13)12(14)8-10(2,3)15-11(12,4)5/h9,14H,6,8H2,1-5H3. The second-order valence-corrected chi connectivity index (χ2v) is 5.56. The molecule has 1 saturated heterocycles. The first-order valence-electron chi connectivity index (χ1n) is 5.51. The van der Waals surface area contributed by atoms with Crippen molar-refractivity contribution in [3.8, 4) is 6.07 Å². The third-order valence-electron chi connectivity index (χ3n) is 3.41. The molecule has 86 valence electrons. The van der Waals surface area contributed by atoms with Crippen molar-refractivity contribution >= 4 is 0 Å². The molecule has 0 spiro atoms. The van der Waals surface area contributed by atoms with E-state index in [1.165, 1.54) is 0 Å². The van der Waals surface area contributed by atoms with Crippen molar-refractivity contribution in [1.82, 2.24) is 0 Å². The lowest BCUT2D eigenvalue weighted by Gasteiger charge is -2.37. The smallest absolute Gasteiger partial charge is 0.111 e. The average molecular weight is 211 g/mol. The number of hydrogen-bond donors (Lipinski definition) is 1. The number of rotatable bonds is 2. The van der Waals surface area contributed by atoms with Gasteiger partial charge >= 0.3 is 0 Å². The van der Waals surface area contributed by atoms with E-state index in [4.69, 9.17) is 10.00 Å². The van der Waals surface area contributed by atoms with Gasteiger partial charge in [-0.05, 0) is 34.1 Å². The summed E-state index contributed by atoms with van der Waals surface area (Å²) in [6, 6.07) is 2.20. The van der Waals surface area contributed by atoms with Crippen LogP contribution >= 0.6 is 0 Å². The van der Waals surface area contributed by atoms with Gasteiger partial charge in [0.25, 0.3) is 0 Å². The molecule has 1 heterocycles. The largest absolute Gasteiger partial charge is 0.385 e. The summed E-state index contributed by atoms with van der Waals surface area (Å²) in [7, 11) is 0. The van der Waals surface area contributed by atoms with Crippen molar-refractivity contribution < 1.29 is 9.84 Å². The van der Waals surface area contributed by atoms with Gasteiger partial charge in [-0.3, -0.25) is 0 Å². The molecule has 0 radical (unpaired) electrons. The SMILES string of the molecule is CCC(C#N)C1(O)CC(C)(C)OC1(C)C. The Balaban J connectivity index is 3.08. The zero-order chi connectivity index (χ0) is 11.9. The monoisotopic (exact) mass is 211 g/mol. The summed E-state index contributed by atoms with van der Waals surface area (Å²) in [6.07, 6.45) is 1.16. The number of nitrogens with zero attached hydrogens (tertiary/aromatic N) is 1. The number of aliphatic hydroxyl groups is 1. The molecule has 0 aromatic rings. The summed E-state index contributed by atoms with van der Waals surface area (Å²) in [5, 5.41) is 19.8. The maximum atomic E-state index is 10.7. The Kier molecular flexibility index (Phi) is 2.88. The van der Waals surface area contributed by atoms with Crippen LogP contribution in [-0.2, 0) is 4.74 Å². The van der Waals surface area contributed by atoms with Gasteiger partial charge in [-0.2, -0.15) is 5.26 Å². The molecular formula is C12H21NO2. The Hall–Kier alpha value is -0.590. The van der Waals surface area contributed by atoms with Crippen molar-refractivity contribution in [3.05, 3.63) is 0 Å². The Morgan fingerprint density at radius 1 is 1.40 bits per heavy atom. The van der Waals surface area contributed by atoms with Crippen LogP contribution in [0, 0.1) is 17.2 Å². The van der Waals surface area contributed by atoms with Crippen LogP contribution in [0.3, 0.4) is 0 Å². The molecule has 0 aromatic carbocycles. The normalized spacial score (nSPS) is 34.7. The molecule has 0 amide bonds. The summed E-state index contributed by atoms with van der Waals surface area (Å²) < 4.78 is 5.84. The molecule has 1 aliphatic rings. The summed E-state index contributed by atoms with van der Waals surface area (Å²) in [6.45, 7) is 9.56. The first-order chi connectivity index (χ1) is 6.68. The van der Waals surface area contributed by atoms with Gasteiger partial charge in [0.1, 0.15) is 5.60 Å². The van der Waals surface area contributed by atoms with Gasteiger partial charge in [0, 0.05) is 6.42 Å². The highest BCUT2D eigenvalue weighted by molar-refractivity contribution is 5.13. The molecule has 0 aliphatic carbocycles. The average Bonchev–Trinajstić information content (AvgIpc) is 2.18. The van der Waals surface area contributed by atoms with E-state index in [1.54, 1.807) is 0 Å². The van der Waals surface area contributed by atoms with Gasteiger partial charge in [-0.15, -0.1) is 0 Å². The van der Waals surface area contributed by atoms with Crippen LogP contribution in [-0.4, -0.2) is 21.9 Å². The number of hydrogen-bond acceptors (Lipinski definition) is 3. The molecule has 0 aromatic heterocycles. The maximum Gasteiger partial charge on any atom is 0.111 e. The Morgan fingerprint density at radius 2 is 1.93 bits per heavy atom. The van der Waals surface area contributed by atoms with Crippen LogP contribution in [0.5, 0.6) is 0 Å². The molecule has 1 N–H and O–H groups in total. The molecule has 3 heteroatoms. The second-order valence-electron chi connectivity index (χ2n) is 5.56. The summed E-state index contributed by atoms with van der Waals surface area (Å²) in [4.78, 5) is 0.